The van der Waals surface area contributed by atoms with E-state index in [0.717, 1.165) is 17.7 Å². The van der Waals surface area contributed by atoms with Crippen LogP contribution in [0, 0.1) is 0 Å². The van der Waals surface area contributed by atoms with Crippen LogP contribution in [0.15, 0.2) is 84.9 Å². The third-order valence-corrected chi connectivity index (χ3v) is 9.30. The van der Waals surface area contributed by atoms with Crippen molar-refractivity contribution in [1.29, 1.82) is 0 Å². The van der Waals surface area contributed by atoms with Crippen LogP contribution in [0.3, 0.4) is 0 Å². The number of carbonyl (C=O) groups excluding carboxylic acids is 4. The Bertz CT molecular complexity index is 1950. The van der Waals surface area contributed by atoms with Crippen molar-refractivity contribution >= 4 is 63.6 Å². The van der Waals surface area contributed by atoms with Crippen molar-refractivity contribution in [2.45, 2.75) is 37.8 Å². The van der Waals surface area contributed by atoms with E-state index in [-0.39, 0.29) is 36.0 Å². The van der Waals surface area contributed by atoms with Crippen molar-refractivity contribution in [3.63, 3.8) is 0 Å². The highest BCUT2D eigenvalue weighted by molar-refractivity contribution is 6.42. The predicted molar refractivity (Wildman–Crippen MR) is 183 cm³/mol. The molecule has 0 aliphatic carbocycles. The number of anilines is 1. The molecule has 4 aromatic rings. The molecule has 2 aliphatic heterocycles. The van der Waals surface area contributed by atoms with Crippen molar-refractivity contribution in [3.8, 4) is 0 Å². The Labute approximate surface area is 292 Å². The molecule has 2 aliphatic rings. The quantitative estimate of drug-likeness (QED) is 0.150. The Kier molecular flexibility index (Phi) is 9.98. The molecule has 3 heterocycles. The van der Waals surface area contributed by atoms with E-state index in [1.165, 1.54) is 7.11 Å². The largest absolute Gasteiger partial charge is 0.453 e. The number of hydrogen-bond acceptors (Lipinski definition) is 10. The zero-order valence-corrected chi connectivity index (χ0v) is 28.1. The highest BCUT2D eigenvalue weighted by Crippen LogP contribution is 2.47. The van der Waals surface area contributed by atoms with Crippen LogP contribution in [-0.4, -0.2) is 60.1 Å². The molecular weight excluding hydrogens is 671 g/mol. The summed E-state index contributed by atoms with van der Waals surface area (Å²) in [5.41, 5.74) is 2.69. The van der Waals surface area contributed by atoms with Gasteiger partial charge in [0.25, 0.3) is 0 Å². The minimum atomic E-state index is -2.23. The molecule has 252 valence electrons. The summed E-state index contributed by atoms with van der Waals surface area (Å²) >= 11 is 12.6. The molecule has 0 fully saturated rings. The summed E-state index contributed by atoms with van der Waals surface area (Å²) in [6.07, 6.45) is 1.01. The first-order valence-electron chi connectivity index (χ1n) is 15.5. The van der Waals surface area contributed by atoms with Gasteiger partial charge in [-0.25, -0.2) is 19.3 Å². The van der Waals surface area contributed by atoms with Crippen LogP contribution in [0.5, 0.6) is 0 Å². The Hall–Kier alpha value is -4.81. The minimum absolute atomic E-state index is 0.106. The van der Waals surface area contributed by atoms with Crippen LogP contribution in [0.4, 0.5) is 10.5 Å². The number of Topliss-reactive ketones (excluding diaryl/α,β-unsaturated/α-hetero) is 1. The second kappa shape index (κ2) is 14.4. The molecule has 2 atom stereocenters. The van der Waals surface area contributed by atoms with Gasteiger partial charge in [-0.1, -0.05) is 84.7 Å². The average Bonchev–Trinajstić information content (AvgIpc) is 3.25. The van der Waals surface area contributed by atoms with E-state index >= 15 is 0 Å². The lowest BCUT2D eigenvalue weighted by Crippen LogP contribution is -2.63. The summed E-state index contributed by atoms with van der Waals surface area (Å²) in [6.45, 7) is 2.04. The molecule has 6 rings (SSSR count). The summed E-state index contributed by atoms with van der Waals surface area (Å²) < 4.78 is 17.2. The first kappa shape index (κ1) is 34.1. The normalized spacial score (nSPS) is 16.7. The number of hydrogen-bond donors (Lipinski definition) is 2. The summed E-state index contributed by atoms with van der Waals surface area (Å²) in [6, 6.07) is 21.2. The fraction of sp³-hybridized carbons (Fsp3) is 0.250. The molecule has 0 saturated carbocycles. The number of esters is 2. The molecule has 2 N–H and O–H groups in total. The van der Waals surface area contributed by atoms with E-state index in [2.05, 4.69) is 10.6 Å². The highest BCUT2D eigenvalue weighted by atomic mass is 35.5. The number of fused-ring (bicyclic) bond motifs is 3. The van der Waals surface area contributed by atoms with Crippen molar-refractivity contribution in [3.05, 3.63) is 117 Å². The molecule has 1 aromatic heterocycles. The molecule has 13 heteroatoms. The molecule has 3 aromatic carbocycles. The van der Waals surface area contributed by atoms with Gasteiger partial charge in [0.05, 0.1) is 52.3 Å². The molecule has 1 spiro atoms. The van der Waals surface area contributed by atoms with Gasteiger partial charge in [0.1, 0.15) is 0 Å². The Balaban J connectivity index is 1.51. The first-order chi connectivity index (χ1) is 23.6. The molecule has 2 unspecified atom stereocenters. The number of ether oxygens (including phenoxy) is 3. The van der Waals surface area contributed by atoms with Crippen LogP contribution < -0.4 is 10.6 Å². The number of nitrogens with zero attached hydrogens (tertiary/aromatic N) is 2. The summed E-state index contributed by atoms with van der Waals surface area (Å²) in [5.74, 6) is -4.34. The summed E-state index contributed by atoms with van der Waals surface area (Å²) in [4.78, 5) is 59.3. The van der Waals surface area contributed by atoms with Crippen molar-refractivity contribution in [1.82, 2.24) is 15.2 Å². The maximum Gasteiger partial charge on any atom is 0.411 e. The molecular formula is C36H32Cl2N4O7. The van der Waals surface area contributed by atoms with Crippen molar-refractivity contribution in [2.75, 3.05) is 25.5 Å². The van der Waals surface area contributed by atoms with Gasteiger partial charge in [-0.05, 0) is 36.1 Å². The van der Waals surface area contributed by atoms with Crippen LogP contribution in [0.1, 0.15) is 46.4 Å². The van der Waals surface area contributed by atoms with Gasteiger partial charge in [0.2, 0.25) is 0 Å². The second-order valence-corrected chi connectivity index (χ2v) is 12.5. The maximum atomic E-state index is 13.4. The zero-order valence-electron chi connectivity index (χ0n) is 26.6. The van der Waals surface area contributed by atoms with Gasteiger partial charge in [0.15, 0.2) is 5.78 Å². The number of halogens is 2. The SMILES string of the molecule is COC(=O)Nc1c2c(nc3ccccc13)CCN(C(CC(C)c1ccc(Cl)c(Cl)c1)NCC(=O)c1ccccc1)C21OC(=O)C=CC(=O)O1. The number of benzene rings is 3. The van der Waals surface area contributed by atoms with Gasteiger partial charge in [-0.2, -0.15) is 0 Å². The number of methoxy groups -OCH3 is 1. The number of pyridine rings is 1. The zero-order chi connectivity index (χ0) is 34.7. The van der Waals surface area contributed by atoms with Crippen molar-refractivity contribution in [2.24, 2.45) is 0 Å². The van der Waals surface area contributed by atoms with Gasteiger partial charge < -0.3 is 14.2 Å². The van der Waals surface area contributed by atoms with Crippen molar-refractivity contribution < 1.29 is 33.4 Å². The van der Waals surface area contributed by atoms with Crippen LogP contribution >= 0.6 is 23.2 Å². The third-order valence-electron chi connectivity index (χ3n) is 8.56. The number of carbonyl (C=O) groups is 4. The molecule has 0 saturated heterocycles. The van der Waals surface area contributed by atoms with E-state index in [4.69, 9.17) is 42.4 Å². The summed E-state index contributed by atoms with van der Waals surface area (Å²) in [7, 11) is 1.22. The summed E-state index contributed by atoms with van der Waals surface area (Å²) in [5, 5.41) is 7.40. The van der Waals surface area contributed by atoms with E-state index in [1.807, 2.05) is 19.1 Å². The molecule has 0 radical (unpaired) electrons. The number of amides is 1. The maximum absolute atomic E-state index is 13.4. The standard InChI is InChI=1S/C36H32Cl2N4O7/c1-21(23-12-13-25(37)26(38)19-23)18-30(39-20-29(43)22-8-4-3-5-9-22)42-17-16-28-33(36(42)48-31(44)14-15-32(45)49-36)34(41-35(46)47-2)24-10-6-7-11-27(24)40-28/h3-15,19,21,30,39H,16-18,20H2,1-2H3,(H,40,41,46). The number of ketones is 1. The number of para-hydroxylation sites is 1. The lowest BCUT2D eigenvalue weighted by Gasteiger charge is -2.48. The van der Waals surface area contributed by atoms with E-state index in [0.29, 0.717) is 45.0 Å². The van der Waals surface area contributed by atoms with Crippen LogP contribution in [-0.2, 0) is 36.1 Å². The van der Waals surface area contributed by atoms with Gasteiger partial charge in [-0.15, -0.1) is 0 Å². The number of nitrogens with one attached hydrogen (secondary N) is 2. The smallest absolute Gasteiger partial charge is 0.411 e. The van der Waals surface area contributed by atoms with Gasteiger partial charge in [0, 0.05) is 36.1 Å². The highest BCUT2D eigenvalue weighted by Gasteiger charge is 2.56. The minimum Gasteiger partial charge on any atom is -0.453 e. The van der Waals surface area contributed by atoms with E-state index in [1.54, 1.807) is 65.6 Å². The number of aromatic nitrogens is 1. The molecule has 1 amide bonds. The Morgan fingerprint density at radius 2 is 1.67 bits per heavy atom. The van der Waals surface area contributed by atoms with E-state index < -0.39 is 30.1 Å². The molecule has 11 nitrogen and oxygen atoms in total. The van der Waals surface area contributed by atoms with Gasteiger partial charge in [-0.3, -0.25) is 20.4 Å². The van der Waals surface area contributed by atoms with Gasteiger partial charge >= 0.3 is 23.9 Å². The molecule has 49 heavy (non-hydrogen) atoms. The third kappa shape index (κ3) is 7.02. The lowest BCUT2D eigenvalue weighted by atomic mass is 9.92. The fourth-order valence-corrected chi connectivity index (χ4v) is 6.52. The predicted octanol–water partition coefficient (Wildman–Crippen LogP) is 6.34. The fourth-order valence-electron chi connectivity index (χ4n) is 6.21. The van der Waals surface area contributed by atoms with E-state index in [9.17, 15) is 19.2 Å². The average molecular weight is 704 g/mol. The second-order valence-electron chi connectivity index (χ2n) is 11.6. The van der Waals surface area contributed by atoms with Crippen LogP contribution in [0.2, 0.25) is 10.0 Å². The molecule has 0 bridgehead atoms. The topological polar surface area (TPSA) is 136 Å². The lowest BCUT2D eigenvalue weighted by molar-refractivity contribution is -0.306. The first-order valence-corrected chi connectivity index (χ1v) is 16.3. The van der Waals surface area contributed by atoms with Crippen LogP contribution in [0.25, 0.3) is 10.9 Å². The Morgan fingerprint density at radius 3 is 2.37 bits per heavy atom. The Morgan fingerprint density at radius 1 is 0.980 bits per heavy atom. The number of rotatable bonds is 9. The monoisotopic (exact) mass is 702 g/mol.